The maximum atomic E-state index is 12.2. The van der Waals surface area contributed by atoms with Crippen molar-refractivity contribution >= 4 is 77.3 Å². The maximum Gasteiger partial charge on any atom is 0.296 e. The zero-order valence-electron chi connectivity index (χ0n) is 19.2. The lowest BCUT2D eigenvalue weighted by Gasteiger charge is -2.15. The number of benzene rings is 3. The van der Waals surface area contributed by atoms with E-state index in [9.17, 15) is 46.3 Å². The van der Waals surface area contributed by atoms with Crippen molar-refractivity contribution in [3.63, 3.8) is 0 Å². The molecule has 0 saturated heterocycles. The van der Waals surface area contributed by atoms with Crippen LogP contribution in [0.2, 0.25) is 5.28 Å². The predicted molar refractivity (Wildman–Crippen MR) is 137 cm³/mol. The number of nitrogens with zero attached hydrogens (tertiary/aromatic N) is 6. The Hall–Kier alpha value is -4.76. The van der Waals surface area contributed by atoms with Crippen molar-refractivity contribution in [2.24, 2.45) is 10.2 Å². The molecular formula is C19H13ClN8O10S2. The molecule has 40 heavy (non-hydrogen) atoms. The fourth-order valence-electron chi connectivity index (χ4n) is 3.39. The van der Waals surface area contributed by atoms with E-state index in [-0.39, 0.29) is 33.6 Å². The first-order valence-electron chi connectivity index (χ1n) is 10.2. The molecule has 1 aromatic heterocycles. The average molecular weight is 613 g/mol. The van der Waals surface area contributed by atoms with Gasteiger partial charge in [0.1, 0.15) is 16.3 Å². The Labute approximate surface area is 227 Å². The normalized spacial score (nSPS) is 12.2. The minimum Gasteiger partial charge on any atom is -0.508 e. The van der Waals surface area contributed by atoms with Crippen molar-refractivity contribution in [3.05, 3.63) is 51.8 Å². The minimum absolute atomic E-state index is 0.363. The van der Waals surface area contributed by atoms with E-state index >= 15 is 0 Å². The highest BCUT2D eigenvalue weighted by Crippen LogP contribution is 2.46. The fraction of sp³-hybridized carbons (Fsp3) is 0. The first-order chi connectivity index (χ1) is 18.5. The van der Waals surface area contributed by atoms with E-state index in [1.165, 1.54) is 0 Å². The standard InChI is InChI=1S/C19H13ClN8O10S2/c20-17-23-18(21)25-19(24-17)22-11-6-9(39(33,34)35)3-7-4-13(40(36,37)38)15(16(30)14(7)11)27-26-10-5-8(29)1-2-12(10)28(31)32/h1-6,29-30H,(H,33,34,35)(H,36,37,38)(H3,21,22,23,24,25). The van der Waals surface area contributed by atoms with Gasteiger partial charge >= 0.3 is 0 Å². The molecule has 208 valence electrons. The summed E-state index contributed by atoms with van der Waals surface area (Å²) in [6.07, 6.45) is 0. The highest BCUT2D eigenvalue weighted by atomic mass is 35.5. The van der Waals surface area contributed by atoms with E-state index in [2.05, 4.69) is 30.5 Å². The number of nitro groups is 1. The topological polar surface area (TPSA) is 294 Å². The van der Waals surface area contributed by atoms with Crippen LogP contribution in [0, 0.1) is 10.1 Å². The number of aromatic nitrogens is 3. The van der Waals surface area contributed by atoms with Gasteiger partial charge in [0, 0.05) is 17.5 Å². The summed E-state index contributed by atoms with van der Waals surface area (Å²) in [5, 5.41) is 40.6. The molecule has 7 N–H and O–H groups in total. The summed E-state index contributed by atoms with van der Waals surface area (Å²) in [6, 6.07) is 4.95. The molecule has 4 rings (SSSR count). The van der Waals surface area contributed by atoms with Gasteiger partial charge in [-0.05, 0) is 41.3 Å². The number of phenolic OH excluding ortho intramolecular Hbond substituents is 2. The summed E-state index contributed by atoms with van der Waals surface area (Å²) in [7, 11) is -10.1. The third-order valence-corrected chi connectivity index (χ3v) is 6.85. The van der Waals surface area contributed by atoms with Gasteiger partial charge in [0.2, 0.25) is 17.2 Å². The highest BCUT2D eigenvalue weighted by Gasteiger charge is 2.26. The average Bonchev–Trinajstić information content (AvgIpc) is 2.81. The number of phenols is 2. The summed E-state index contributed by atoms with van der Waals surface area (Å²) in [4.78, 5) is 19.6. The molecule has 0 radical (unpaired) electrons. The zero-order valence-corrected chi connectivity index (χ0v) is 21.5. The molecule has 0 spiro atoms. The maximum absolute atomic E-state index is 12.2. The minimum atomic E-state index is -5.21. The lowest BCUT2D eigenvalue weighted by atomic mass is 10.1. The van der Waals surface area contributed by atoms with Crippen LogP contribution in [0.15, 0.2) is 56.4 Å². The molecular weight excluding hydrogens is 600 g/mol. The number of azo groups is 1. The first kappa shape index (κ1) is 28.3. The van der Waals surface area contributed by atoms with Crippen LogP contribution in [-0.2, 0) is 20.2 Å². The number of rotatable bonds is 7. The third-order valence-electron chi connectivity index (χ3n) is 4.98. The monoisotopic (exact) mass is 612 g/mol. The second-order valence-electron chi connectivity index (χ2n) is 7.63. The van der Waals surface area contributed by atoms with Gasteiger partial charge in [-0.3, -0.25) is 19.2 Å². The molecule has 0 bridgehead atoms. The van der Waals surface area contributed by atoms with Crippen LogP contribution in [0.25, 0.3) is 10.8 Å². The van der Waals surface area contributed by atoms with E-state index in [4.69, 9.17) is 17.3 Å². The number of aromatic hydroxyl groups is 2. The molecule has 18 nitrogen and oxygen atoms in total. The van der Waals surface area contributed by atoms with Gasteiger partial charge in [-0.15, -0.1) is 10.2 Å². The van der Waals surface area contributed by atoms with Crippen molar-refractivity contribution in [1.29, 1.82) is 0 Å². The molecule has 0 aliphatic heterocycles. The molecule has 0 saturated carbocycles. The molecule has 0 aliphatic carbocycles. The van der Waals surface area contributed by atoms with Crippen LogP contribution in [0.1, 0.15) is 0 Å². The van der Waals surface area contributed by atoms with E-state index in [1.54, 1.807) is 0 Å². The van der Waals surface area contributed by atoms with Crippen LogP contribution in [0.3, 0.4) is 0 Å². The second kappa shape index (κ2) is 10.1. The molecule has 4 aromatic rings. The summed E-state index contributed by atoms with van der Waals surface area (Å²) >= 11 is 5.76. The number of anilines is 3. The lowest BCUT2D eigenvalue weighted by molar-refractivity contribution is -0.384. The van der Waals surface area contributed by atoms with Crippen molar-refractivity contribution in [2.75, 3.05) is 11.1 Å². The fourth-order valence-corrected chi connectivity index (χ4v) is 4.76. The summed E-state index contributed by atoms with van der Waals surface area (Å²) < 4.78 is 67.6. The van der Waals surface area contributed by atoms with E-state index in [0.717, 1.165) is 30.3 Å². The SMILES string of the molecule is Nc1nc(Cl)nc(Nc2cc(S(=O)(=O)O)cc3cc(S(=O)(=O)O)c(N=Nc4cc(O)ccc4[N+](=O)[O-])c(O)c23)n1. The molecule has 0 atom stereocenters. The Kier molecular flexibility index (Phi) is 7.13. The Morgan fingerprint density at radius 3 is 2.27 bits per heavy atom. The molecule has 0 fully saturated rings. The summed E-state index contributed by atoms with van der Waals surface area (Å²) in [5.74, 6) is -2.23. The van der Waals surface area contributed by atoms with Gasteiger partial charge in [-0.25, -0.2) is 0 Å². The van der Waals surface area contributed by atoms with Gasteiger partial charge in [-0.2, -0.15) is 31.8 Å². The largest absolute Gasteiger partial charge is 0.508 e. The Balaban J connectivity index is 2.06. The van der Waals surface area contributed by atoms with Crippen molar-refractivity contribution in [2.45, 2.75) is 9.79 Å². The molecule has 3 aromatic carbocycles. The molecule has 0 aliphatic rings. The lowest BCUT2D eigenvalue weighted by Crippen LogP contribution is -2.06. The van der Waals surface area contributed by atoms with Crippen molar-refractivity contribution in [3.8, 4) is 11.5 Å². The quantitative estimate of drug-likeness (QED) is 0.0755. The van der Waals surface area contributed by atoms with Crippen LogP contribution in [0.5, 0.6) is 11.5 Å². The number of fused-ring (bicyclic) bond motifs is 1. The Bertz CT molecular complexity index is 1950. The predicted octanol–water partition coefficient (Wildman–Crippen LogP) is 3.23. The molecule has 1 heterocycles. The van der Waals surface area contributed by atoms with Crippen LogP contribution >= 0.6 is 11.6 Å². The van der Waals surface area contributed by atoms with E-state index in [1.807, 2.05) is 0 Å². The van der Waals surface area contributed by atoms with Crippen molar-refractivity contribution < 1.29 is 41.1 Å². The number of nitrogens with two attached hydrogens (primary N) is 1. The highest BCUT2D eigenvalue weighted by molar-refractivity contribution is 7.86. The van der Waals surface area contributed by atoms with Crippen LogP contribution in [-0.4, -0.2) is 56.0 Å². The summed E-state index contributed by atoms with van der Waals surface area (Å²) in [5.41, 5.74) is 3.01. The Morgan fingerprint density at radius 2 is 1.68 bits per heavy atom. The smallest absolute Gasteiger partial charge is 0.296 e. The van der Waals surface area contributed by atoms with Gasteiger partial charge in [-0.1, -0.05) is 0 Å². The summed E-state index contributed by atoms with van der Waals surface area (Å²) in [6.45, 7) is 0. The van der Waals surface area contributed by atoms with E-state index < -0.39 is 63.5 Å². The van der Waals surface area contributed by atoms with E-state index in [0.29, 0.717) is 6.07 Å². The van der Waals surface area contributed by atoms with Gasteiger partial charge in [0.15, 0.2) is 11.4 Å². The first-order valence-corrected chi connectivity index (χ1v) is 13.4. The number of hydrogen-bond donors (Lipinski definition) is 6. The van der Waals surface area contributed by atoms with Gasteiger partial charge < -0.3 is 21.3 Å². The number of nitrogens with one attached hydrogen (secondary N) is 1. The molecule has 0 amide bonds. The molecule has 0 unspecified atom stereocenters. The molecule has 21 heteroatoms. The Morgan fingerprint density at radius 1 is 0.975 bits per heavy atom. The number of nitrogen functional groups attached to an aromatic ring is 1. The van der Waals surface area contributed by atoms with Gasteiger partial charge in [0.25, 0.3) is 25.9 Å². The third kappa shape index (κ3) is 5.79. The second-order valence-corrected chi connectivity index (χ2v) is 10.8. The number of hydrogen-bond acceptors (Lipinski definition) is 15. The van der Waals surface area contributed by atoms with Crippen molar-refractivity contribution in [1.82, 2.24) is 15.0 Å². The number of halogens is 1. The number of nitro benzene ring substituents is 1. The van der Waals surface area contributed by atoms with Crippen LogP contribution < -0.4 is 11.1 Å². The van der Waals surface area contributed by atoms with Crippen LogP contribution in [0.4, 0.5) is 34.6 Å². The zero-order chi connectivity index (χ0) is 29.6. The van der Waals surface area contributed by atoms with Gasteiger partial charge in [0.05, 0.1) is 15.5 Å².